The van der Waals surface area contributed by atoms with Crippen LogP contribution in [0.25, 0.3) is 22.6 Å². The Hall–Kier alpha value is -3.30. The third kappa shape index (κ3) is 6.64. The molecule has 0 saturated carbocycles. The first-order valence-electron chi connectivity index (χ1n) is 11.2. The lowest BCUT2D eigenvalue weighted by molar-refractivity contribution is -0.125. The van der Waals surface area contributed by atoms with E-state index < -0.39 is 22.7 Å². The van der Waals surface area contributed by atoms with Crippen molar-refractivity contribution in [2.45, 2.75) is 33.6 Å². The standard InChI is InChI=1S/C25H28ClFN4O4/c1-4-9-34-10-11-35-20-8-6-16(14-29-20)18-12-19(32)31-23(30-18)21-17(26)7-5-15(22(21)27)13-25(2,3)24(28)33/h5-8,12,14H,4,9-11,13H2,1-3H3,(H2,28,33)(H,30,31,32). The maximum Gasteiger partial charge on any atom is 0.251 e. The fourth-order valence-electron chi connectivity index (χ4n) is 3.31. The number of aromatic amines is 1. The Balaban J connectivity index is 1.89. The summed E-state index contributed by atoms with van der Waals surface area (Å²) in [6.45, 7) is 6.77. The second-order valence-electron chi connectivity index (χ2n) is 8.65. The van der Waals surface area contributed by atoms with Crippen LogP contribution < -0.4 is 16.0 Å². The van der Waals surface area contributed by atoms with E-state index in [0.29, 0.717) is 31.3 Å². The van der Waals surface area contributed by atoms with E-state index in [2.05, 4.69) is 15.0 Å². The Bertz CT molecular complexity index is 1250. The van der Waals surface area contributed by atoms with E-state index >= 15 is 4.39 Å². The van der Waals surface area contributed by atoms with Crippen molar-refractivity contribution in [2.75, 3.05) is 19.8 Å². The third-order valence-corrected chi connectivity index (χ3v) is 5.62. The molecule has 0 unspecified atom stereocenters. The maximum atomic E-state index is 15.5. The molecule has 0 bridgehead atoms. The van der Waals surface area contributed by atoms with E-state index in [0.717, 1.165) is 6.42 Å². The molecule has 0 fully saturated rings. The Morgan fingerprint density at radius 3 is 2.63 bits per heavy atom. The number of nitrogens with one attached hydrogen (secondary N) is 1. The van der Waals surface area contributed by atoms with Crippen molar-refractivity contribution < 1.29 is 18.7 Å². The first-order chi connectivity index (χ1) is 16.6. The smallest absolute Gasteiger partial charge is 0.251 e. The fraction of sp³-hybridized carbons (Fsp3) is 0.360. The van der Waals surface area contributed by atoms with E-state index in [9.17, 15) is 9.59 Å². The summed E-state index contributed by atoms with van der Waals surface area (Å²) in [7, 11) is 0. The highest BCUT2D eigenvalue weighted by atomic mass is 35.5. The molecule has 3 N–H and O–H groups in total. The summed E-state index contributed by atoms with van der Waals surface area (Å²) in [6.07, 6.45) is 2.50. The van der Waals surface area contributed by atoms with E-state index in [1.807, 2.05) is 6.92 Å². The molecule has 3 aromatic rings. The molecule has 0 aliphatic rings. The van der Waals surface area contributed by atoms with Crippen molar-refractivity contribution in [1.29, 1.82) is 0 Å². The van der Waals surface area contributed by atoms with Crippen LogP contribution in [0.15, 0.2) is 41.3 Å². The van der Waals surface area contributed by atoms with Gasteiger partial charge in [0.25, 0.3) is 5.56 Å². The van der Waals surface area contributed by atoms with Gasteiger partial charge in [0.1, 0.15) is 18.2 Å². The molecule has 0 radical (unpaired) electrons. The topological polar surface area (TPSA) is 120 Å². The number of nitrogens with zero attached hydrogens (tertiary/aromatic N) is 2. The highest BCUT2D eigenvalue weighted by molar-refractivity contribution is 6.33. The minimum Gasteiger partial charge on any atom is -0.475 e. The molecule has 186 valence electrons. The molecular formula is C25H28ClFN4O4. The summed E-state index contributed by atoms with van der Waals surface area (Å²) in [5.74, 6) is -0.880. The molecule has 35 heavy (non-hydrogen) atoms. The summed E-state index contributed by atoms with van der Waals surface area (Å²) in [4.78, 5) is 35.3. The van der Waals surface area contributed by atoms with Crippen LogP contribution in [-0.4, -0.2) is 40.7 Å². The number of halogens is 2. The minimum atomic E-state index is -0.980. The molecule has 2 heterocycles. The number of carbonyl (C=O) groups is 1. The number of carbonyl (C=O) groups excluding carboxylic acids is 1. The number of amides is 1. The molecule has 10 heteroatoms. The summed E-state index contributed by atoms with van der Waals surface area (Å²) in [5, 5.41) is 0.0654. The van der Waals surface area contributed by atoms with Gasteiger partial charge in [-0.25, -0.2) is 14.4 Å². The molecule has 1 amide bonds. The number of benzene rings is 1. The van der Waals surface area contributed by atoms with Gasteiger partial charge in [-0.2, -0.15) is 0 Å². The van der Waals surface area contributed by atoms with Gasteiger partial charge in [-0.1, -0.05) is 38.4 Å². The number of rotatable bonds is 11. The van der Waals surface area contributed by atoms with Gasteiger partial charge in [-0.15, -0.1) is 0 Å². The molecule has 0 aliphatic carbocycles. The SMILES string of the molecule is CCCOCCOc1ccc(-c2cc(=O)[nH]c(-c3c(Cl)ccc(CC(C)(C)C(N)=O)c3F)n2)cn1. The molecule has 0 aliphatic heterocycles. The molecule has 1 aromatic carbocycles. The predicted molar refractivity (Wildman–Crippen MR) is 132 cm³/mol. The van der Waals surface area contributed by atoms with Crippen LogP contribution in [-0.2, 0) is 16.0 Å². The lowest BCUT2D eigenvalue weighted by atomic mass is 9.84. The number of primary amides is 1. The van der Waals surface area contributed by atoms with Crippen molar-refractivity contribution in [3.63, 3.8) is 0 Å². The summed E-state index contributed by atoms with van der Waals surface area (Å²) in [6, 6.07) is 7.62. The Morgan fingerprint density at radius 2 is 1.97 bits per heavy atom. The molecule has 0 atom stereocenters. The van der Waals surface area contributed by atoms with Gasteiger partial charge < -0.3 is 20.2 Å². The average molecular weight is 503 g/mol. The number of aromatic nitrogens is 3. The molecule has 3 rings (SSSR count). The van der Waals surface area contributed by atoms with Gasteiger partial charge >= 0.3 is 0 Å². The van der Waals surface area contributed by atoms with E-state index in [1.54, 1.807) is 26.0 Å². The van der Waals surface area contributed by atoms with E-state index in [4.69, 9.17) is 26.8 Å². The molecule has 0 saturated heterocycles. The van der Waals surface area contributed by atoms with Crippen molar-refractivity contribution in [3.8, 4) is 28.5 Å². The van der Waals surface area contributed by atoms with Crippen LogP contribution in [0.2, 0.25) is 5.02 Å². The summed E-state index contributed by atoms with van der Waals surface area (Å²) >= 11 is 6.29. The maximum absolute atomic E-state index is 15.5. The van der Waals surface area contributed by atoms with Crippen molar-refractivity contribution >= 4 is 17.5 Å². The Morgan fingerprint density at radius 1 is 1.20 bits per heavy atom. The third-order valence-electron chi connectivity index (χ3n) is 5.31. The van der Waals surface area contributed by atoms with Gasteiger partial charge in [-0.05, 0) is 30.5 Å². The normalized spacial score (nSPS) is 11.5. The average Bonchev–Trinajstić information content (AvgIpc) is 2.81. The molecular weight excluding hydrogens is 475 g/mol. The van der Waals surface area contributed by atoms with Gasteiger partial charge in [0.2, 0.25) is 11.8 Å². The quantitative estimate of drug-likeness (QED) is 0.380. The lowest BCUT2D eigenvalue weighted by Crippen LogP contribution is -2.33. The monoisotopic (exact) mass is 502 g/mol. The van der Waals surface area contributed by atoms with Gasteiger partial charge in [-0.3, -0.25) is 9.59 Å². The number of H-pyrrole nitrogens is 1. The Labute approximate surface area is 207 Å². The predicted octanol–water partition coefficient (Wildman–Crippen LogP) is 4.15. The first-order valence-corrected chi connectivity index (χ1v) is 11.6. The molecule has 8 nitrogen and oxygen atoms in total. The van der Waals surface area contributed by atoms with Gasteiger partial charge in [0, 0.05) is 35.9 Å². The zero-order valence-corrected chi connectivity index (χ0v) is 20.6. The highest BCUT2D eigenvalue weighted by Gasteiger charge is 2.28. The zero-order chi connectivity index (χ0) is 25.6. The second kappa shape index (κ2) is 11.4. The molecule has 2 aromatic heterocycles. The largest absolute Gasteiger partial charge is 0.475 e. The van der Waals surface area contributed by atoms with Crippen LogP contribution in [0.5, 0.6) is 5.88 Å². The fourth-order valence-corrected chi connectivity index (χ4v) is 3.54. The molecule has 0 spiro atoms. The van der Waals surface area contributed by atoms with Crippen LogP contribution in [0.1, 0.15) is 32.8 Å². The number of ether oxygens (including phenoxy) is 2. The second-order valence-corrected chi connectivity index (χ2v) is 9.05. The number of pyridine rings is 1. The van der Waals surface area contributed by atoms with Gasteiger partial charge in [0.15, 0.2) is 0 Å². The Kier molecular flexibility index (Phi) is 8.58. The van der Waals surface area contributed by atoms with E-state index in [-0.39, 0.29) is 34.1 Å². The van der Waals surface area contributed by atoms with Crippen LogP contribution in [0, 0.1) is 11.2 Å². The lowest BCUT2D eigenvalue weighted by Gasteiger charge is -2.21. The van der Waals surface area contributed by atoms with Crippen molar-refractivity contribution in [1.82, 2.24) is 15.0 Å². The number of hydrogen-bond acceptors (Lipinski definition) is 6. The number of hydrogen-bond donors (Lipinski definition) is 2. The highest BCUT2D eigenvalue weighted by Crippen LogP contribution is 2.33. The first kappa shape index (κ1) is 26.3. The van der Waals surface area contributed by atoms with Crippen LogP contribution >= 0.6 is 11.6 Å². The van der Waals surface area contributed by atoms with Crippen LogP contribution in [0.4, 0.5) is 4.39 Å². The minimum absolute atomic E-state index is 0.0397. The van der Waals surface area contributed by atoms with Crippen LogP contribution in [0.3, 0.4) is 0 Å². The van der Waals surface area contributed by atoms with E-state index in [1.165, 1.54) is 24.4 Å². The zero-order valence-electron chi connectivity index (χ0n) is 19.9. The summed E-state index contributed by atoms with van der Waals surface area (Å²) in [5.41, 5.74) is 4.95. The van der Waals surface area contributed by atoms with Crippen molar-refractivity contribution in [3.05, 3.63) is 63.3 Å². The summed E-state index contributed by atoms with van der Waals surface area (Å²) < 4.78 is 26.4. The number of nitrogens with two attached hydrogens (primary N) is 1. The van der Waals surface area contributed by atoms with Crippen molar-refractivity contribution in [2.24, 2.45) is 11.1 Å². The van der Waals surface area contributed by atoms with Gasteiger partial charge in [0.05, 0.1) is 22.9 Å².